The fourth-order valence-electron chi connectivity index (χ4n) is 4.05. The van der Waals surface area contributed by atoms with Crippen LogP contribution in [0, 0.1) is 13.8 Å². The molecule has 162 valence electrons. The first-order chi connectivity index (χ1) is 15.7. The highest BCUT2D eigenvalue weighted by Crippen LogP contribution is 2.30. The topological polar surface area (TPSA) is 24.1 Å². The van der Waals surface area contributed by atoms with E-state index < -0.39 is 0 Å². The van der Waals surface area contributed by atoms with Crippen LogP contribution in [-0.2, 0) is 13.1 Å². The molecule has 0 aliphatic carbocycles. The lowest BCUT2D eigenvalue weighted by Crippen LogP contribution is -2.35. The van der Waals surface area contributed by atoms with Crippen molar-refractivity contribution < 1.29 is 0 Å². The van der Waals surface area contributed by atoms with Crippen molar-refractivity contribution in [2.45, 2.75) is 39.0 Å². The van der Waals surface area contributed by atoms with Gasteiger partial charge in [-0.25, -0.2) is 0 Å². The van der Waals surface area contributed by atoms with Gasteiger partial charge in [-0.2, -0.15) is 0 Å². The van der Waals surface area contributed by atoms with Gasteiger partial charge in [0.15, 0.2) is 0 Å². The molecule has 4 rings (SSSR count). The van der Waals surface area contributed by atoms with Crippen molar-refractivity contribution in [3.63, 3.8) is 0 Å². The van der Waals surface area contributed by atoms with Crippen LogP contribution in [0.1, 0.15) is 45.5 Å². The third-order valence-corrected chi connectivity index (χ3v) is 5.94. The van der Waals surface area contributed by atoms with Crippen molar-refractivity contribution in [2.24, 2.45) is 0 Å². The van der Waals surface area contributed by atoms with Crippen LogP contribution in [0.25, 0.3) is 0 Å². The molecule has 0 saturated heterocycles. The van der Waals surface area contributed by atoms with Crippen molar-refractivity contribution in [3.05, 3.63) is 143 Å². The highest BCUT2D eigenvalue weighted by molar-refractivity contribution is 5.32. The van der Waals surface area contributed by atoms with Crippen LogP contribution in [0.5, 0.6) is 0 Å². The molecule has 0 saturated carbocycles. The van der Waals surface area contributed by atoms with E-state index in [4.69, 9.17) is 0 Å². The van der Waals surface area contributed by atoms with Crippen LogP contribution in [-0.4, -0.2) is 0 Å². The largest absolute Gasteiger partial charge is 0.304 e. The Morgan fingerprint density at radius 2 is 0.812 bits per heavy atom. The van der Waals surface area contributed by atoms with Gasteiger partial charge in [0.1, 0.15) is 0 Å². The van der Waals surface area contributed by atoms with Crippen LogP contribution >= 0.6 is 0 Å². The monoisotopic (exact) mass is 420 g/mol. The second-order valence-corrected chi connectivity index (χ2v) is 8.51. The van der Waals surface area contributed by atoms with E-state index >= 15 is 0 Å². The van der Waals surface area contributed by atoms with Gasteiger partial charge in [-0.05, 0) is 36.1 Å². The minimum atomic E-state index is 0.127. The van der Waals surface area contributed by atoms with Crippen molar-refractivity contribution >= 4 is 0 Å². The molecule has 2 N–H and O–H groups in total. The summed E-state index contributed by atoms with van der Waals surface area (Å²) in [4.78, 5) is 0. The minimum absolute atomic E-state index is 0.127. The Morgan fingerprint density at radius 3 is 1.16 bits per heavy atom. The Hall–Kier alpha value is -3.20. The van der Waals surface area contributed by atoms with Gasteiger partial charge in [-0.15, -0.1) is 0 Å². The lowest BCUT2D eigenvalue weighted by Gasteiger charge is -2.31. The molecular formula is C30H32N2. The summed E-state index contributed by atoms with van der Waals surface area (Å²) in [6.07, 6.45) is 0. The Bertz CT molecular complexity index is 980. The van der Waals surface area contributed by atoms with Crippen molar-refractivity contribution in [1.82, 2.24) is 10.6 Å². The maximum atomic E-state index is 3.86. The molecule has 0 aromatic heterocycles. The number of rotatable bonds is 9. The molecular weight excluding hydrogens is 388 g/mol. The minimum Gasteiger partial charge on any atom is -0.304 e. The van der Waals surface area contributed by atoms with Gasteiger partial charge in [-0.1, -0.05) is 120 Å². The van der Waals surface area contributed by atoms with Crippen LogP contribution in [0.3, 0.4) is 0 Å². The molecule has 0 spiro atoms. The maximum absolute atomic E-state index is 3.86. The summed E-state index contributed by atoms with van der Waals surface area (Å²) in [7, 11) is 0. The summed E-state index contributed by atoms with van der Waals surface area (Å²) in [6, 6.07) is 39.3. The second-order valence-electron chi connectivity index (χ2n) is 8.51. The molecule has 0 aliphatic rings. The summed E-state index contributed by atoms with van der Waals surface area (Å²) >= 11 is 0. The molecule has 2 atom stereocenters. The predicted molar refractivity (Wildman–Crippen MR) is 134 cm³/mol. The third kappa shape index (κ3) is 5.94. The summed E-state index contributed by atoms with van der Waals surface area (Å²) in [5.41, 5.74) is 7.71. The lowest BCUT2D eigenvalue weighted by atomic mass is 9.91. The van der Waals surface area contributed by atoms with Gasteiger partial charge in [0.05, 0.1) is 12.1 Å². The van der Waals surface area contributed by atoms with Crippen LogP contribution < -0.4 is 10.6 Å². The van der Waals surface area contributed by atoms with Gasteiger partial charge in [0, 0.05) is 13.1 Å². The molecule has 0 amide bonds. The van der Waals surface area contributed by atoms with Gasteiger partial charge >= 0.3 is 0 Å². The number of benzene rings is 4. The Labute approximate surface area is 192 Å². The first kappa shape index (κ1) is 22.0. The molecule has 0 unspecified atom stereocenters. The zero-order chi connectivity index (χ0) is 22.2. The van der Waals surface area contributed by atoms with Crippen LogP contribution in [0.4, 0.5) is 0 Å². The molecule has 2 nitrogen and oxygen atoms in total. The Balaban J connectivity index is 1.66. The van der Waals surface area contributed by atoms with Crippen molar-refractivity contribution in [2.75, 3.05) is 0 Å². The smallest absolute Gasteiger partial charge is 0.0521 e. The van der Waals surface area contributed by atoms with E-state index in [2.05, 4.69) is 134 Å². The summed E-state index contributed by atoms with van der Waals surface area (Å²) in [6.45, 7) is 5.91. The zero-order valence-electron chi connectivity index (χ0n) is 19.0. The number of hydrogen-bond donors (Lipinski definition) is 2. The average molecular weight is 421 g/mol. The Morgan fingerprint density at radius 1 is 0.469 bits per heavy atom. The predicted octanol–water partition coefficient (Wildman–Crippen LogP) is 6.67. The van der Waals surface area contributed by atoms with E-state index in [1.54, 1.807) is 0 Å². The molecule has 4 aromatic rings. The van der Waals surface area contributed by atoms with Gasteiger partial charge in [0.2, 0.25) is 0 Å². The summed E-state index contributed by atoms with van der Waals surface area (Å²) in [5.74, 6) is 0. The standard InChI is InChI=1S/C30H32N2/c1-23-13-17-27(18-14-23)29(31-21-25-9-5-3-6-10-25)30(28-19-15-24(2)16-20-28)32-22-26-11-7-4-8-12-26/h3-20,29-32H,21-22H2,1-2H3/t29-,30+. The highest BCUT2D eigenvalue weighted by Gasteiger charge is 2.24. The first-order valence-electron chi connectivity index (χ1n) is 11.4. The third-order valence-electron chi connectivity index (χ3n) is 5.94. The fourth-order valence-corrected chi connectivity index (χ4v) is 4.05. The zero-order valence-corrected chi connectivity index (χ0v) is 19.0. The van der Waals surface area contributed by atoms with Gasteiger partial charge in [-0.3, -0.25) is 0 Å². The van der Waals surface area contributed by atoms with Crippen molar-refractivity contribution in [3.8, 4) is 0 Å². The van der Waals surface area contributed by atoms with E-state index in [-0.39, 0.29) is 12.1 Å². The summed E-state index contributed by atoms with van der Waals surface area (Å²) < 4.78 is 0. The van der Waals surface area contributed by atoms with Gasteiger partial charge < -0.3 is 10.6 Å². The van der Waals surface area contributed by atoms with E-state index in [1.807, 2.05) is 0 Å². The van der Waals surface area contributed by atoms with E-state index in [0.29, 0.717) is 0 Å². The quantitative estimate of drug-likeness (QED) is 0.316. The molecule has 0 aliphatic heterocycles. The molecule has 32 heavy (non-hydrogen) atoms. The summed E-state index contributed by atoms with van der Waals surface area (Å²) in [5, 5.41) is 7.72. The van der Waals surface area contributed by atoms with E-state index in [1.165, 1.54) is 33.4 Å². The van der Waals surface area contributed by atoms with Crippen molar-refractivity contribution in [1.29, 1.82) is 0 Å². The Kier molecular flexibility index (Phi) is 7.50. The number of aryl methyl sites for hydroxylation is 2. The fraction of sp³-hybridized carbons (Fsp3) is 0.200. The molecule has 4 aromatic carbocycles. The molecule has 2 heteroatoms. The van der Waals surface area contributed by atoms with Crippen LogP contribution in [0.2, 0.25) is 0 Å². The number of hydrogen-bond acceptors (Lipinski definition) is 2. The maximum Gasteiger partial charge on any atom is 0.0521 e. The molecule has 0 bridgehead atoms. The highest BCUT2D eigenvalue weighted by atomic mass is 15.0. The second kappa shape index (κ2) is 10.9. The first-order valence-corrected chi connectivity index (χ1v) is 11.4. The lowest BCUT2D eigenvalue weighted by molar-refractivity contribution is 0.381. The van der Waals surface area contributed by atoms with E-state index in [0.717, 1.165) is 13.1 Å². The number of nitrogens with one attached hydrogen (secondary N) is 2. The van der Waals surface area contributed by atoms with Gasteiger partial charge in [0.25, 0.3) is 0 Å². The average Bonchev–Trinajstić information content (AvgIpc) is 2.84. The molecule has 0 radical (unpaired) electrons. The van der Waals surface area contributed by atoms with Crippen LogP contribution in [0.15, 0.2) is 109 Å². The normalized spacial score (nSPS) is 12.9. The molecule has 0 fully saturated rings. The van der Waals surface area contributed by atoms with E-state index in [9.17, 15) is 0 Å². The SMILES string of the molecule is Cc1ccc([C@@H](NCc2ccccc2)[C@@H](NCc2ccccc2)c2ccc(C)cc2)cc1. The molecule has 0 heterocycles.